The van der Waals surface area contributed by atoms with Crippen LogP contribution < -0.4 is 22.0 Å². The number of aromatic nitrogens is 1. The summed E-state index contributed by atoms with van der Waals surface area (Å²) in [5.74, 6) is 0.210. The van der Waals surface area contributed by atoms with Crippen LogP contribution in [0.5, 0.6) is 0 Å². The summed E-state index contributed by atoms with van der Waals surface area (Å²) in [6.07, 6.45) is 0. The molecule has 4 rings (SSSR count). The number of para-hydroxylation sites is 1. The molecule has 1 heterocycles. The lowest BCUT2D eigenvalue weighted by atomic mass is 9.92. The molecule has 0 saturated carbocycles. The van der Waals surface area contributed by atoms with Crippen molar-refractivity contribution in [1.82, 2.24) is 4.57 Å². The molecule has 0 bridgehead atoms. The zero-order valence-electron chi connectivity index (χ0n) is 16.8. The van der Waals surface area contributed by atoms with Crippen LogP contribution in [0.15, 0.2) is 61.6 Å². The number of hydrogen-bond acceptors (Lipinski definition) is 4. The van der Waals surface area contributed by atoms with Crippen molar-refractivity contribution in [2.24, 2.45) is 0 Å². The Bertz CT molecular complexity index is 1380. The fourth-order valence-corrected chi connectivity index (χ4v) is 4.00. The molecule has 0 aliphatic heterocycles. The van der Waals surface area contributed by atoms with Gasteiger partial charge in [0.2, 0.25) is 0 Å². The molecule has 146 valence electrons. The van der Waals surface area contributed by atoms with Crippen LogP contribution in [0, 0.1) is 0 Å². The number of benzene rings is 3. The average Bonchev–Trinajstić information content (AvgIpc) is 2.93. The van der Waals surface area contributed by atoms with Crippen LogP contribution in [0.25, 0.3) is 27.2 Å². The molecular formula is C24H21NO4. The van der Waals surface area contributed by atoms with Crippen molar-refractivity contribution in [3.05, 3.63) is 94.7 Å². The van der Waals surface area contributed by atoms with Gasteiger partial charge in [-0.1, -0.05) is 45.9 Å². The lowest BCUT2D eigenvalue weighted by Gasteiger charge is -2.19. The first-order valence-corrected chi connectivity index (χ1v) is 9.68. The lowest BCUT2D eigenvalue weighted by Crippen LogP contribution is -2.26. The minimum absolute atomic E-state index is 0.105. The predicted molar refractivity (Wildman–Crippen MR) is 116 cm³/mol. The van der Waals surface area contributed by atoms with Gasteiger partial charge in [0.1, 0.15) is 0 Å². The molecule has 0 fully saturated rings. The molecule has 29 heavy (non-hydrogen) atoms. The molecule has 5 nitrogen and oxygen atoms in total. The van der Waals surface area contributed by atoms with E-state index >= 15 is 0 Å². The van der Waals surface area contributed by atoms with Crippen LogP contribution in [-0.4, -0.2) is 4.57 Å². The van der Waals surface area contributed by atoms with Gasteiger partial charge in [-0.05, 0) is 47.2 Å². The van der Waals surface area contributed by atoms with Crippen LogP contribution in [-0.2, 0) is 0 Å². The molecular weight excluding hydrogens is 366 g/mol. The summed E-state index contributed by atoms with van der Waals surface area (Å²) in [6, 6.07) is 11.0. The highest BCUT2D eigenvalue weighted by molar-refractivity contribution is 5.98. The van der Waals surface area contributed by atoms with Crippen LogP contribution in [0.4, 0.5) is 0 Å². The van der Waals surface area contributed by atoms with E-state index in [0.29, 0.717) is 5.69 Å². The Hall–Kier alpha value is -3.34. The van der Waals surface area contributed by atoms with E-state index in [4.69, 9.17) is 0 Å². The molecule has 0 spiro atoms. The van der Waals surface area contributed by atoms with E-state index in [9.17, 15) is 19.2 Å². The SMILES string of the molecule is CC(C)c1cccc(C(C)C)c1-n1c(=O)c2cc3c(=O)ccc(=O)c3cc2c1=O. The van der Waals surface area contributed by atoms with Crippen molar-refractivity contribution in [1.29, 1.82) is 0 Å². The van der Waals surface area contributed by atoms with E-state index in [1.54, 1.807) is 0 Å². The van der Waals surface area contributed by atoms with Gasteiger partial charge in [-0.3, -0.25) is 19.2 Å². The van der Waals surface area contributed by atoms with Gasteiger partial charge in [-0.25, -0.2) is 4.57 Å². The molecule has 3 aromatic carbocycles. The van der Waals surface area contributed by atoms with E-state index in [2.05, 4.69) is 0 Å². The normalized spacial score (nSPS) is 11.9. The molecule has 0 N–H and O–H groups in total. The largest absolute Gasteiger partial charge is 0.289 e. The Labute approximate surface area is 166 Å². The minimum Gasteiger partial charge on any atom is -0.289 e. The highest BCUT2D eigenvalue weighted by Gasteiger charge is 2.22. The average molecular weight is 387 g/mol. The smallest absolute Gasteiger partial charge is 0.266 e. The summed E-state index contributed by atoms with van der Waals surface area (Å²) in [5, 5.41) is 0.665. The Balaban J connectivity index is 2.22. The number of hydrogen-bond donors (Lipinski definition) is 0. The second-order valence-corrected chi connectivity index (χ2v) is 8.05. The fourth-order valence-electron chi connectivity index (χ4n) is 4.00. The zero-order valence-corrected chi connectivity index (χ0v) is 16.8. The standard InChI is InChI=1S/C24H21NO4/c1-12(2)14-6-5-7-15(13(3)4)22(14)25-23(28)18-10-16-17(11-19(18)24(25)29)21(27)9-8-20(16)26/h5-13H,1-4H3. The summed E-state index contributed by atoms with van der Waals surface area (Å²) in [4.78, 5) is 51.1. The van der Waals surface area contributed by atoms with E-state index in [1.165, 1.54) is 28.8 Å². The second-order valence-electron chi connectivity index (χ2n) is 8.05. The second kappa shape index (κ2) is 6.62. The van der Waals surface area contributed by atoms with E-state index in [1.807, 2.05) is 45.9 Å². The lowest BCUT2D eigenvalue weighted by molar-refractivity contribution is 0.796. The zero-order chi connectivity index (χ0) is 21.0. The summed E-state index contributed by atoms with van der Waals surface area (Å²) in [7, 11) is 0. The number of rotatable bonds is 3. The highest BCUT2D eigenvalue weighted by Crippen LogP contribution is 2.30. The maximum Gasteiger partial charge on any atom is 0.266 e. The predicted octanol–water partition coefficient (Wildman–Crippen LogP) is 3.35. The Morgan fingerprint density at radius 2 is 1.03 bits per heavy atom. The third-order valence-corrected chi connectivity index (χ3v) is 5.51. The van der Waals surface area contributed by atoms with Gasteiger partial charge in [-0.2, -0.15) is 0 Å². The van der Waals surface area contributed by atoms with Gasteiger partial charge in [0.05, 0.1) is 16.5 Å². The molecule has 0 aliphatic rings. The van der Waals surface area contributed by atoms with Gasteiger partial charge in [0, 0.05) is 10.8 Å². The first-order chi connectivity index (χ1) is 13.7. The minimum atomic E-state index is -0.461. The van der Waals surface area contributed by atoms with Crippen LogP contribution in [0.1, 0.15) is 50.7 Å². The van der Waals surface area contributed by atoms with Crippen molar-refractivity contribution < 1.29 is 0 Å². The van der Waals surface area contributed by atoms with Gasteiger partial charge in [-0.15, -0.1) is 0 Å². The Kier molecular flexibility index (Phi) is 4.34. The van der Waals surface area contributed by atoms with Crippen molar-refractivity contribution in [3.8, 4) is 5.69 Å². The summed E-state index contributed by atoms with van der Waals surface area (Å²) >= 11 is 0. The van der Waals surface area contributed by atoms with Gasteiger partial charge < -0.3 is 0 Å². The summed E-state index contributed by atoms with van der Waals surface area (Å²) < 4.78 is 1.21. The summed E-state index contributed by atoms with van der Waals surface area (Å²) in [6.45, 7) is 8.07. The maximum absolute atomic E-state index is 13.3. The Morgan fingerprint density at radius 1 is 0.621 bits per heavy atom. The molecule has 0 unspecified atom stereocenters. The summed E-state index contributed by atoms with van der Waals surface area (Å²) in [5.41, 5.74) is 0.819. The van der Waals surface area contributed by atoms with Crippen molar-refractivity contribution in [3.63, 3.8) is 0 Å². The first-order valence-electron chi connectivity index (χ1n) is 9.68. The molecule has 0 amide bonds. The van der Waals surface area contributed by atoms with E-state index in [-0.39, 0.29) is 44.2 Å². The van der Waals surface area contributed by atoms with Crippen molar-refractivity contribution >= 4 is 21.5 Å². The topological polar surface area (TPSA) is 73.2 Å². The number of fused-ring (bicyclic) bond motifs is 2. The highest BCUT2D eigenvalue weighted by atomic mass is 16.2. The molecule has 5 heteroatoms. The quantitative estimate of drug-likeness (QED) is 0.540. The monoisotopic (exact) mass is 387 g/mol. The molecule has 0 saturated heterocycles. The van der Waals surface area contributed by atoms with E-state index in [0.717, 1.165) is 11.1 Å². The molecule has 0 atom stereocenters. The maximum atomic E-state index is 13.3. The van der Waals surface area contributed by atoms with Gasteiger partial charge in [0.25, 0.3) is 11.1 Å². The van der Waals surface area contributed by atoms with E-state index < -0.39 is 11.1 Å². The van der Waals surface area contributed by atoms with Crippen LogP contribution in [0.3, 0.4) is 0 Å². The van der Waals surface area contributed by atoms with Crippen molar-refractivity contribution in [2.75, 3.05) is 0 Å². The van der Waals surface area contributed by atoms with Crippen LogP contribution >= 0.6 is 0 Å². The molecule has 0 radical (unpaired) electrons. The number of nitrogens with zero attached hydrogens (tertiary/aromatic N) is 1. The van der Waals surface area contributed by atoms with Crippen molar-refractivity contribution in [2.45, 2.75) is 39.5 Å². The van der Waals surface area contributed by atoms with Gasteiger partial charge in [0.15, 0.2) is 10.9 Å². The molecule has 0 aliphatic carbocycles. The van der Waals surface area contributed by atoms with Crippen LogP contribution in [0.2, 0.25) is 0 Å². The Morgan fingerprint density at radius 3 is 1.41 bits per heavy atom. The first kappa shape index (κ1) is 19.0. The molecule has 1 aromatic heterocycles. The fraction of sp³-hybridized carbons (Fsp3) is 0.250. The van der Waals surface area contributed by atoms with Gasteiger partial charge >= 0.3 is 0 Å². The third kappa shape index (κ3) is 2.77. The third-order valence-electron chi connectivity index (χ3n) is 5.51. The molecule has 4 aromatic rings.